The maximum absolute atomic E-state index is 9.67. The third-order valence-electron chi connectivity index (χ3n) is 2.96. The summed E-state index contributed by atoms with van der Waals surface area (Å²) in [5.41, 5.74) is 11.6. The highest BCUT2D eigenvalue weighted by Crippen LogP contribution is 2.27. The van der Waals surface area contributed by atoms with Crippen molar-refractivity contribution >= 4 is 0 Å². The summed E-state index contributed by atoms with van der Waals surface area (Å²) in [6.45, 7) is 2.03. The molecule has 6 N–H and O–H groups in total. The highest BCUT2D eigenvalue weighted by atomic mass is 16.3. The summed E-state index contributed by atoms with van der Waals surface area (Å²) in [5.74, 6) is -0.0521. The van der Waals surface area contributed by atoms with E-state index in [4.69, 9.17) is 11.5 Å². The molecule has 1 fully saturated rings. The van der Waals surface area contributed by atoms with Crippen LogP contribution < -0.4 is 11.5 Å². The quantitative estimate of drug-likeness (QED) is 0.456. The second-order valence-corrected chi connectivity index (χ2v) is 3.99. The molecule has 1 saturated carbocycles. The fourth-order valence-corrected chi connectivity index (χ4v) is 2.10. The number of aliphatic hydroxyl groups excluding tert-OH is 2. The molecule has 0 aromatic rings. The number of hydrogen-bond donors (Lipinski definition) is 4. The smallest absolute Gasteiger partial charge is 0.0843 e. The van der Waals surface area contributed by atoms with E-state index in [2.05, 4.69) is 0 Å². The Labute approximate surface area is 78.9 Å². The Bertz CT molecular complexity index is 152. The molecule has 1 aliphatic rings. The van der Waals surface area contributed by atoms with Crippen LogP contribution in [-0.4, -0.2) is 34.5 Å². The van der Waals surface area contributed by atoms with Gasteiger partial charge in [0.15, 0.2) is 0 Å². The molecule has 1 rings (SSSR count). The van der Waals surface area contributed by atoms with Crippen LogP contribution in [0.5, 0.6) is 0 Å². The van der Waals surface area contributed by atoms with E-state index in [0.29, 0.717) is 6.42 Å². The van der Waals surface area contributed by atoms with Gasteiger partial charge in [-0.15, -0.1) is 0 Å². The molecule has 1 aliphatic carbocycles. The molecule has 0 saturated heterocycles. The molecular formula is C9H20N2O2. The number of aliphatic hydroxyl groups is 2. The van der Waals surface area contributed by atoms with Gasteiger partial charge < -0.3 is 21.7 Å². The molecule has 13 heavy (non-hydrogen) atoms. The predicted molar refractivity (Wildman–Crippen MR) is 51.0 cm³/mol. The van der Waals surface area contributed by atoms with Gasteiger partial charge in [-0.25, -0.2) is 0 Å². The van der Waals surface area contributed by atoms with Crippen molar-refractivity contribution < 1.29 is 10.2 Å². The summed E-state index contributed by atoms with van der Waals surface area (Å²) in [5, 5.41) is 19.1. The zero-order valence-corrected chi connectivity index (χ0v) is 8.06. The average Bonchev–Trinajstić information content (AvgIpc) is 2.09. The molecule has 0 bridgehead atoms. The fourth-order valence-electron chi connectivity index (χ4n) is 2.10. The maximum atomic E-state index is 9.67. The summed E-state index contributed by atoms with van der Waals surface area (Å²) in [6.07, 6.45) is 0.783. The third kappa shape index (κ3) is 2.20. The first-order valence-electron chi connectivity index (χ1n) is 4.95. The summed E-state index contributed by atoms with van der Waals surface area (Å²) in [7, 11) is 0. The summed E-state index contributed by atoms with van der Waals surface area (Å²) in [4.78, 5) is 0. The van der Waals surface area contributed by atoms with Gasteiger partial charge in [-0.3, -0.25) is 0 Å². The number of hydrogen-bond acceptors (Lipinski definition) is 4. The van der Waals surface area contributed by atoms with Crippen LogP contribution in [0.3, 0.4) is 0 Å². The Morgan fingerprint density at radius 3 is 2.46 bits per heavy atom. The lowest BCUT2D eigenvalue weighted by Gasteiger charge is -2.40. The van der Waals surface area contributed by atoms with Gasteiger partial charge in [0.05, 0.1) is 12.2 Å². The molecule has 0 heterocycles. The van der Waals surface area contributed by atoms with E-state index in [1.807, 2.05) is 6.92 Å². The van der Waals surface area contributed by atoms with E-state index < -0.39 is 12.2 Å². The van der Waals surface area contributed by atoms with Crippen molar-refractivity contribution in [1.82, 2.24) is 0 Å². The predicted octanol–water partition coefficient (Wildman–Crippen LogP) is -0.817. The van der Waals surface area contributed by atoms with Crippen molar-refractivity contribution in [3.05, 3.63) is 0 Å². The topological polar surface area (TPSA) is 92.5 Å². The van der Waals surface area contributed by atoms with Crippen molar-refractivity contribution in [2.24, 2.45) is 17.4 Å². The van der Waals surface area contributed by atoms with Gasteiger partial charge in [-0.1, -0.05) is 13.3 Å². The highest BCUT2D eigenvalue weighted by Gasteiger charge is 2.39. The largest absolute Gasteiger partial charge is 0.390 e. The van der Waals surface area contributed by atoms with Crippen LogP contribution in [0, 0.1) is 5.92 Å². The SMILES string of the molecule is CCCC1[C@@H](O)[C@@H](O)C[C@H](N)[C@H]1N. The summed E-state index contributed by atoms with van der Waals surface area (Å²) >= 11 is 0. The van der Waals surface area contributed by atoms with Gasteiger partial charge in [-0.05, 0) is 12.8 Å². The highest BCUT2D eigenvalue weighted by molar-refractivity contribution is 4.96. The molecule has 0 aromatic carbocycles. The van der Waals surface area contributed by atoms with Gasteiger partial charge in [-0.2, -0.15) is 0 Å². The third-order valence-corrected chi connectivity index (χ3v) is 2.96. The summed E-state index contributed by atoms with van der Waals surface area (Å²) < 4.78 is 0. The second-order valence-electron chi connectivity index (χ2n) is 3.99. The lowest BCUT2D eigenvalue weighted by molar-refractivity contribution is -0.0601. The number of nitrogens with two attached hydrogens (primary N) is 2. The van der Waals surface area contributed by atoms with Crippen LogP contribution in [0.2, 0.25) is 0 Å². The summed E-state index contributed by atoms with van der Waals surface area (Å²) in [6, 6.07) is -0.367. The van der Waals surface area contributed by atoms with Gasteiger partial charge in [0.1, 0.15) is 0 Å². The van der Waals surface area contributed by atoms with Crippen molar-refractivity contribution in [2.45, 2.75) is 50.5 Å². The molecule has 0 spiro atoms. The van der Waals surface area contributed by atoms with Gasteiger partial charge in [0, 0.05) is 18.0 Å². The number of rotatable bonds is 2. The molecule has 0 amide bonds. The van der Waals surface area contributed by atoms with Gasteiger partial charge in [0.25, 0.3) is 0 Å². The van der Waals surface area contributed by atoms with Gasteiger partial charge in [0.2, 0.25) is 0 Å². The van der Waals surface area contributed by atoms with Crippen LogP contribution in [0.1, 0.15) is 26.2 Å². The molecule has 4 heteroatoms. The molecular weight excluding hydrogens is 168 g/mol. The first-order chi connectivity index (χ1) is 6.07. The minimum Gasteiger partial charge on any atom is -0.390 e. The average molecular weight is 188 g/mol. The van der Waals surface area contributed by atoms with E-state index in [0.717, 1.165) is 12.8 Å². The van der Waals surface area contributed by atoms with E-state index in [9.17, 15) is 10.2 Å². The van der Waals surface area contributed by atoms with Crippen LogP contribution in [0.15, 0.2) is 0 Å². The van der Waals surface area contributed by atoms with E-state index in [-0.39, 0.29) is 18.0 Å². The second kappa shape index (κ2) is 4.37. The van der Waals surface area contributed by atoms with E-state index in [1.165, 1.54) is 0 Å². The zero-order valence-electron chi connectivity index (χ0n) is 8.06. The van der Waals surface area contributed by atoms with Crippen LogP contribution in [0.25, 0.3) is 0 Å². The molecule has 0 aliphatic heterocycles. The first kappa shape index (κ1) is 10.9. The molecule has 1 unspecified atom stereocenters. The minimum atomic E-state index is -0.702. The molecule has 0 aromatic heterocycles. The van der Waals surface area contributed by atoms with Crippen molar-refractivity contribution in [2.75, 3.05) is 0 Å². The maximum Gasteiger partial charge on any atom is 0.0843 e. The minimum absolute atomic E-state index is 0.0521. The lowest BCUT2D eigenvalue weighted by Crippen LogP contribution is -2.59. The fraction of sp³-hybridized carbons (Fsp3) is 1.00. The first-order valence-corrected chi connectivity index (χ1v) is 4.95. The Morgan fingerprint density at radius 2 is 1.92 bits per heavy atom. The lowest BCUT2D eigenvalue weighted by atomic mass is 9.76. The van der Waals surface area contributed by atoms with Gasteiger partial charge >= 0.3 is 0 Å². The normalized spacial score (nSPS) is 46.4. The Hall–Kier alpha value is -0.160. The Kier molecular flexibility index (Phi) is 3.67. The molecule has 0 radical (unpaired) electrons. The van der Waals surface area contributed by atoms with Crippen LogP contribution in [0.4, 0.5) is 0 Å². The van der Waals surface area contributed by atoms with Crippen LogP contribution >= 0.6 is 0 Å². The van der Waals surface area contributed by atoms with E-state index >= 15 is 0 Å². The van der Waals surface area contributed by atoms with Crippen molar-refractivity contribution in [1.29, 1.82) is 0 Å². The standard InChI is InChI=1S/C9H20N2O2/c1-2-3-5-8(11)6(10)4-7(12)9(5)13/h5-9,12-13H,2-4,10-11H2,1H3/t5?,6-,7-,8-,9+/m0/s1. The Balaban J connectivity index is 2.64. The Morgan fingerprint density at radius 1 is 1.31 bits per heavy atom. The van der Waals surface area contributed by atoms with Crippen molar-refractivity contribution in [3.8, 4) is 0 Å². The monoisotopic (exact) mass is 188 g/mol. The van der Waals surface area contributed by atoms with E-state index in [1.54, 1.807) is 0 Å². The van der Waals surface area contributed by atoms with Crippen LogP contribution in [-0.2, 0) is 0 Å². The zero-order chi connectivity index (χ0) is 10.0. The van der Waals surface area contributed by atoms with Crippen molar-refractivity contribution in [3.63, 3.8) is 0 Å². The molecule has 4 nitrogen and oxygen atoms in total. The molecule has 5 atom stereocenters. The molecule has 78 valence electrons.